The highest BCUT2D eigenvalue weighted by atomic mass is 16.6. The lowest BCUT2D eigenvalue weighted by atomic mass is 10.1. The van der Waals surface area contributed by atoms with Crippen molar-refractivity contribution in [3.63, 3.8) is 0 Å². The van der Waals surface area contributed by atoms with Crippen LogP contribution in [0.15, 0.2) is 66.9 Å². The molecule has 0 fully saturated rings. The summed E-state index contributed by atoms with van der Waals surface area (Å²) in [5, 5.41) is 2.71. The molecule has 7 nitrogen and oxygen atoms in total. The van der Waals surface area contributed by atoms with Crippen LogP contribution in [0.3, 0.4) is 0 Å². The first-order valence-electron chi connectivity index (χ1n) is 8.71. The summed E-state index contributed by atoms with van der Waals surface area (Å²) in [7, 11) is 0. The molecule has 1 aromatic heterocycles. The molecular formula is C21H17N3O4. The van der Waals surface area contributed by atoms with Gasteiger partial charge in [-0.2, -0.15) is 0 Å². The Morgan fingerprint density at radius 1 is 1.00 bits per heavy atom. The zero-order valence-electron chi connectivity index (χ0n) is 14.9. The number of benzene rings is 2. The summed E-state index contributed by atoms with van der Waals surface area (Å²) in [6.07, 6.45) is 2.17. The van der Waals surface area contributed by atoms with Crippen LogP contribution < -0.4 is 19.7 Å². The maximum absolute atomic E-state index is 12.7. The molecule has 0 bridgehead atoms. The number of ether oxygens (including phenoxy) is 2. The largest absolute Gasteiger partial charge is 0.486 e. The highest BCUT2D eigenvalue weighted by molar-refractivity contribution is 6.12. The van der Waals surface area contributed by atoms with Gasteiger partial charge >= 0.3 is 6.03 Å². The molecule has 3 amide bonds. The van der Waals surface area contributed by atoms with Crippen LogP contribution in [-0.4, -0.2) is 30.6 Å². The Morgan fingerprint density at radius 3 is 2.64 bits per heavy atom. The second-order valence-electron chi connectivity index (χ2n) is 6.03. The van der Waals surface area contributed by atoms with Crippen molar-refractivity contribution in [1.29, 1.82) is 0 Å². The van der Waals surface area contributed by atoms with Crippen molar-refractivity contribution in [3.05, 3.63) is 66.9 Å². The van der Waals surface area contributed by atoms with Crippen molar-refractivity contribution in [2.75, 3.05) is 23.4 Å². The number of nitrogens with one attached hydrogen (secondary N) is 1. The van der Waals surface area contributed by atoms with Gasteiger partial charge in [0, 0.05) is 23.5 Å². The zero-order chi connectivity index (χ0) is 19.3. The van der Waals surface area contributed by atoms with Crippen molar-refractivity contribution in [2.45, 2.75) is 0 Å². The Hall–Kier alpha value is -3.87. The zero-order valence-corrected chi connectivity index (χ0v) is 14.9. The van der Waals surface area contributed by atoms with Gasteiger partial charge in [-0.05, 0) is 36.4 Å². The normalized spacial score (nSPS) is 12.1. The molecule has 0 atom stereocenters. The molecule has 1 N–H and O–H groups in total. The number of nitrogens with zero attached hydrogens (tertiary/aromatic N) is 2. The maximum atomic E-state index is 12.7. The lowest BCUT2D eigenvalue weighted by Crippen LogP contribution is -2.33. The molecule has 0 saturated heterocycles. The molecule has 1 aliphatic heterocycles. The van der Waals surface area contributed by atoms with E-state index in [2.05, 4.69) is 10.3 Å². The molecule has 0 spiro atoms. The average molecular weight is 375 g/mol. The fourth-order valence-corrected chi connectivity index (χ4v) is 2.88. The van der Waals surface area contributed by atoms with Crippen LogP contribution in [0.5, 0.6) is 11.5 Å². The summed E-state index contributed by atoms with van der Waals surface area (Å²) >= 11 is 0. The van der Waals surface area contributed by atoms with E-state index in [4.69, 9.17) is 9.47 Å². The van der Waals surface area contributed by atoms with E-state index in [1.807, 2.05) is 24.3 Å². The van der Waals surface area contributed by atoms with E-state index in [0.29, 0.717) is 42.5 Å². The minimum Gasteiger partial charge on any atom is -0.486 e. The molecule has 140 valence electrons. The molecule has 7 heteroatoms. The number of hydrogen-bond donors (Lipinski definition) is 1. The summed E-state index contributed by atoms with van der Waals surface area (Å²) in [6, 6.07) is 17.1. The van der Waals surface area contributed by atoms with Gasteiger partial charge in [0.1, 0.15) is 13.2 Å². The number of pyridine rings is 1. The van der Waals surface area contributed by atoms with Crippen LogP contribution in [0, 0.1) is 0 Å². The number of hydrogen-bond acceptors (Lipinski definition) is 5. The highest BCUT2D eigenvalue weighted by Gasteiger charge is 2.18. The Labute approximate surface area is 161 Å². The Balaban J connectivity index is 1.55. The standard InChI is InChI=1S/C21H17N3O4/c25-14-24(17-5-3-4-15(12-17)18-6-1-2-9-22-18)21(26)23-16-7-8-19-20(13-16)28-11-10-27-19/h1-9,12-14H,10-11H2,(H,23,26). The molecule has 0 radical (unpaired) electrons. The molecule has 0 saturated carbocycles. The fourth-order valence-electron chi connectivity index (χ4n) is 2.88. The first-order chi connectivity index (χ1) is 13.7. The fraction of sp³-hybridized carbons (Fsp3) is 0.0952. The monoisotopic (exact) mass is 375 g/mol. The molecule has 0 aliphatic carbocycles. The van der Waals surface area contributed by atoms with Gasteiger partial charge in [-0.1, -0.05) is 18.2 Å². The predicted molar refractivity (Wildman–Crippen MR) is 105 cm³/mol. The molecule has 1 aliphatic rings. The second kappa shape index (κ2) is 7.79. The van der Waals surface area contributed by atoms with Gasteiger partial charge in [-0.25, -0.2) is 9.69 Å². The predicted octanol–water partition coefficient (Wildman–Crippen LogP) is 3.71. The number of carbonyl (C=O) groups excluding carboxylic acids is 2. The third kappa shape index (κ3) is 3.64. The first kappa shape index (κ1) is 17.5. The Kier molecular flexibility index (Phi) is 4.88. The van der Waals surface area contributed by atoms with Crippen LogP contribution in [0.2, 0.25) is 0 Å². The number of amides is 3. The van der Waals surface area contributed by atoms with Crippen LogP contribution >= 0.6 is 0 Å². The van der Waals surface area contributed by atoms with Crippen molar-refractivity contribution >= 4 is 23.8 Å². The van der Waals surface area contributed by atoms with E-state index in [0.717, 1.165) is 16.2 Å². The number of fused-ring (bicyclic) bond motifs is 1. The van der Waals surface area contributed by atoms with Gasteiger partial charge in [0.15, 0.2) is 11.5 Å². The van der Waals surface area contributed by atoms with Crippen LogP contribution in [-0.2, 0) is 4.79 Å². The number of urea groups is 1. The van der Waals surface area contributed by atoms with E-state index in [-0.39, 0.29) is 0 Å². The topological polar surface area (TPSA) is 80.8 Å². The van der Waals surface area contributed by atoms with E-state index < -0.39 is 6.03 Å². The second-order valence-corrected chi connectivity index (χ2v) is 6.03. The van der Waals surface area contributed by atoms with Crippen LogP contribution in [0.1, 0.15) is 0 Å². The maximum Gasteiger partial charge on any atom is 0.332 e. The van der Waals surface area contributed by atoms with Crippen molar-refractivity contribution < 1.29 is 19.1 Å². The SMILES string of the molecule is O=CN(C(=O)Nc1ccc2c(c1)OCCO2)c1cccc(-c2ccccn2)c1. The average Bonchev–Trinajstić information content (AvgIpc) is 2.75. The summed E-state index contributed by atoms with van der Waals surface area (Å²) in [5.41, 5.74) is 2.50. The number of aromatic nitrogens is 1. The van der Waals surface area contributed by atoms with Crippen molar-refractivity contribution in [2.24, 2.45) is 0 Å². The van der Waals surface area contributed by atoms with Crippen molar-refractivity contribution in [1.82, 2.24) is 4.98 Å². The first-order valence-corrected chi connectivity index (χ1v) is 8.71. The lowest BCUT2D eigenvalue weighted by molar-refractivity contribution is -0.106. The summed E-state index contributed by atoms with van der Waals surface area (Å²) in [5.74, 6) is 1.18. The molecule has 2 aromatic carbocycles. The third-order valence-electron chi connectivity index (χ3n) is 4.20. The van der Waals surface area contributed by atoms with E-state index in [1.54, 1.807) is 42.6 Å². The Morgan fingerprint density at radius 2 is 1.86 bits per heavy atom. The van der Waals surface area contributed by atoms with E-state index in [9.17, 15) is 9.59 Å². The minimum absolute atomic E-state index is 0.438. The minimum atomic E-state index is -0.579. The molecule has 28 heavy (non-hydrogen) atoms. The number of carbonyl (C=O) groups is 2. The van der Waals surface area contributed by atoms with E-state index >= 15 is 0 Å². The third-order valence-corrected chi connectivity index (χ3v) is 4.20. The highest BCUT2D eigenvalue weighted by Crippen LogP contribution is 2.33. The van der Waals surface area contributed by atoms with Gasteiger partial charge in [-0.15, -0.1) is 0 Å². The lowest BCUT2D eigenvalue weighted by Gasteiger charge is -2.20. The summed E-state index contributed by atoms with van der Waals surface area (Å²) < 4.78 is 11.0. The van der Waals surface area contributed by atoms with Gasteiger partial charge in [0.2, 0.25) is 6.41 Å². The smallest absolute Gasteiger partial charge is 0.332 e. The molecule has 0 unspecified atom stereocenters. The molecule has 2 heterocycles. The van der Waals surface area contributed by atoms with Crippen LogP contribution in [0.4, 0.5) is 16.2 Å². The summed E-state index contributed by atoms with van der Waals surface area (Å²) in [4.78, 5) is 29.6. The van der Waals surface area contributed by atoms with Gasteiger partial charge in [-0.3, -0.25) is 9.78 Å². The van der Waals surface area contributed by atoms with Crippen molar-refractivity contribution in [3.8, 4) is 22.8 Å². The molecular weight excluding hydrogens is 358 g/mol. The van der Waals surface area contributed by atoms with Gasteiger partial charge in [0.25, 0.3) is 0 Å². The molecule has 3 aromatic rings. The number of imide groups is 1. The number of rotatable bonds is 4. The quantitative estimate of drug-likeness (QED) is 0.703. The van der Waals surface area contributed by atoms with Gasteiger partial charge in [0.05, 0.1) is 11.4 Å². The van der Waals surface area contributed by atoms with Gasteiger partial charge < -0.3 is 14.8 Å². The molecule has 4 rings (SSSR count). The van der Waals surface area contributed by atoms with Crippen LogP contribution in [0.25, 0.3) is 11.3 Å². The summed E-state index contributed by atoms with van der Waals surface area (Å²) in [6.45, 7) is 0.940. The Bertz CT molecular complexity index is 1010. The number of anilines is 2. The van der Waals surface area contributed by atoms with E-state index in [1.165, 1.54) is 0 Å².